The van der Waals surface area contributed by atoms with Crippen LogP contribution >= 0.6 is 11.6 Å². The lowest BCUT2D eigenvalue weighted by molar-refractivity contribution is -0.151. The number of aliphatic hydroxyl groups excluding tert-OH is 1. The molecule has 2 aromatic carbocycles. The van der Waals surface area contributed by atoms with Crippen LogP contribution in [0.4, 0.5) is 0 Å². The lowest BCUT2D eigenvalue weighted by Gasteiger charge is -2.35. The van der Waals surface area contributed by atoms with Crippen LogP contribution in [0.15, 0.2) is 48.5 Å². The number of halogens is 1. The zero-order valence-corrected chi connectivity index (χ0v) is 20.6. The standard InChI is InChI=1S/C26H33ClN2O6/c1-2-34-19-12-10-18(11-13-19)6-5-7-21(24(30)25(31)28-33)26(32)29-16-14-20(15-17-29)35-23-9-4-3-8-22(23)27/h3-4,8-13,20-21,24,30,33H,2,5-7,14-17H2,1H3,(H,28,31)/t21-,24+/m1/s1. The second-order valence-electron chi connectivity index (χ2n) is 8.57. The summed E-state index contributed by atoms with van der Waals surface area (Å²) >= 11 is 6.18. The fraction of sp³-hybridized carbons (Fsp3) is 0.462. The number of rotatable bonds is 11. The smallest absolute Gasteiger partial charge is 0.272 e. The predicted octanol–water partition coefficient (Wildman–Crippen LogP) is 3.61. The highest BCUT2D eigenvalue weighted by molar-refractivity contribution is 6.32. The number of ether oxygens (including phenoxy) is 2. The van der Waals surface area contributed by atoms with Gasteiger partial charge in [-0.15, -0.1) is 0 Å². The van der Waals surface area contributed by atoms with Crippen LogP contribution in [-0.4, -0.2) is 58.9 Å². The summed E-state index contributed by atoms with van der Waals surface area (Å²) in [4.78, 5) is 26.9. The van der Waals surface area contributed by atoms with Crippen LogP contribution < -0.4 is 15.0 Å². The average molecular weight is 505 g/mol. The third kappa shape index (κ3) is 7.59. The van der Waals surface area contributed by atoms with Crippen molar-refractivity contribution in [3.05, 3.63) is 59.1 Å². The van der Waals surface area contributed by atoms with Crippen LogP contribution in [0.1, 0.15) is 38.2 Å². The molecule has 9 heteroatoms. The summed E-state index contributed by atoms with van der Waals surface area (Å²) in [6.07, 6.45) is 1.07. The van der Waals surface area contributed by atoms with E-state index in [9.17, 15) is 14.7 Å². The molecule has 2 amide bonds. The highest BCUT2D eigenvalue weighted by Gasteiger charge is 2.36. The highest BCUT2D eigenvalue weighted by Crippen LogP contribution is 2.28. The molecule has 0 aromatic heterocycles. The molecule has 2 atom stereocenters. The molecule has 3 rings (SSSR count). The van der Waals surface area contributed by atoms with Gasteiger partial charge in [-0.2, -0.15) is 0 Å². The molecule has 2 aromatic rings. The lowest BCUT2D eigenvalue weighted by atomic mass is 9.91. The second kappa shape index (κ2) is 13.3. The maximum atomic E-state index is 13.3. The first-order chi connectivity index (χ1) is 16.9. The van der Waals surface area contributed by atoms with Crippen molar-refractivity contribution in [2.45, 2.75) is 51.2 Å². The van der Waals surface area contributed by atoms with E-state index in [0.29, 0.717) is 62.6 Å². The van der Waals surface area contributed by atoms with Gasteiger partial charge >= 0.3 is 0 Å². The molecule has 190 valence electrons. The number of carbonyl (C=O) groups is 2. The number of nitrogens with zero attached hydrogens (tertiary/aromatic N) is 1. The maximum absolute atomic E-state index is 13.3. The molecule has 1 fully saturated rings. The van der Waals surface area contributed by atoms with Crippen molar-refractivity contribution in [3.63, 3.8) is 0 Å². The fourth-order valence-electron chi connectivity index (χ4n) is 4.26. The molecule has 1 aliphatic rings. The van der Waals surface area contributed by atoms with Gasteiger partial charge in [0, 0.05) is 25.9 Å². The number of likely N-dealkylation sites (tertiary alicyclic amines) is 1. The number of hydrogen-bond donors (Lipinski definition) is 3. The van der Waals surface area contributed by atoms with Crippen molar-refractivity contribution in [2.75, 3.05) is 19.7 Å². The highest BCUT2D eigenvalue weighted by atomic mass is 35.5. The van der Waals surface area contributed by atoms with Gasteiger partial charge < -0.3 is 19.5 Å². The number of carbonyl (C=O) groups excluding carboxylic acids is 2. The predicted molar refractivity (Wildman–Crippen MR) is 132 cm³/mol. The molecule has 0 radical (unpaired) electrons. The quantitative estimate of drug-likeness (QED) is 0.318. The summed E-state index contributed by atoms with van der Waals surface area (Å²) < 4.78 is 11.4. The first-order valence-electron chi connectivity index (χ1n) is 12.0. The van der Waals surface area contributed by atoms with Gasteiger partial charge in [-0.3, -0.25) is 14.8 Å². The average Bonchev–Trinajstić information content (AvgIpc) is 2.88. The molecule has 0 saturated carbocycles. The number of hydroxylamine groups is 1. The molecule has 0 bridgehead atoms. The van der Waals surface area contributed by atoms with Crippen LogP contribution in [0.3, 0.4) is 0 Å². The third-order valence-corrected chi connectivity index (χ3v) is 6.49. The van der Waals surface area contributed by atoms with Crippen molar-refractivity contribution >= 4 is 23.4 Å². The lowest BCUT2D eigenvalue weighted by Crippen LogP contribution is -2.49. The summed E-state index contributed by atoms with van der Waals surface area (Å²) in [6, 6.07) is 15.0. The van der Waals surface area contributed by atoms with Crippen LogP contribution in [-0.2, 0) is 16.0 Å². The van der Waals surface area contributed by atoms with E-state index in [1.165, 1.54) is 5.48 Å². The van der Waals surface area contributed by atoms with E-state index < -0.39 is 17.9 Å². The Bertz CT molecular complexity index is 963. The van der Waals surface area contributed by atoms with Gasteiger partial charge in [0.25, 0.3) is 5.91 Å². The summed E-state index contributed by atoms with van der Waals surface area (Å²) in [5.41, 5.74) is 2.53. The summed E-state index contributed by atoms with van der Waals surface area (Å²) in [5.74, 6) is -0.835. The molecule has 0 unspecified atom stereocenters. The Morgan fingerprint density at radius 2 is 1.83 bits per heavy atom. The summed E-state index contributed by atoms with van der Waals surface area (Å²) in [6.45, 7) is 3.40. The molecule has 0 spiro atoms. The Balaban J connectivity index is 1.56. The number of amides is 2. The molecular weight excluding hydrogens is 472 g/mol. The molecule has 1 saturated heterocycles. The van der Waals surface area contributed by atoms with Crippen LogP contribution in [0.5, 0.6) is 11.5 Å². The van der Waals surface area contributed by atoms with E-state index in [0.717, 1.165) is 11.3 Å². The normalized spacial score (nSPS) is 15.8. The van der Waals surface area contributed by atoms with Crippen LogP contribution in [0, 0.1) is 5.92 Å². The number of nitrogens with one attached hydrogen (secondary N) is 1. The van der Waals surface area contributed by atoms with E-state index in [2.05, 4.69) is 0 Å². The third-order valence-electron chi connectivity index (χ3n) is 6.18. The van der Waals surface area contributed by atoms with Gasteiger partial charge in [0.05, 0.1) is 17.5 Å². The molecule has 8 nitrogen and oxygen atoms in total. The Hall–Kier alpha value is -2.81. The van der Waals surface area contributed by atoms with E-state index >= 15 is 0 Å². The maximum Gasteiger partial charge on any atom is 0.272 e. The minimum absolute atomic E-state index is 0.0808. The Morgan fingerprint density at radius 3 is 2.46 bits per heavy atom. The number of hydrogen-bond acceptors (Lipinski definition) is 6. The number of para-hydroxylation sites is 1. The van der Waals surface area contributed by atoms with E-state index in [4.69, 9.17) is 26.3 Å². The van der Waals surface area contributed by atoms with E-state index in [1.54, 1.807) is 11.0 Å². The molecule has 1 aliphatic heterocycles. The zero-order valence-electron chi connectivity index (χ0n) is 19.9. The second-order valence-corrected chi connectivity index (χ2v) is 8.98. The molecule has 35 heavy (non-hydrogen) atoms. The Kier molecular flexibility index (Phi) is 10.2. The summed E-state index contributed by atoms with van der Waals surface area (Å²) in [5, 5.41) is 20.0. The molecule has 3 N–H and O–H groups in total. The first kappa shape index (κ1) is 26.8. The Morgan fingerprint density at radius 1 is 1.14 bits per heavy atom. The van der Waals surface area contributed by atoms with Gasteiger partial charge in [-0.05, 0) is 56.0 Å². The number of aryl methyl sites for hydroxylation is 1. The van der Waals surface area contributed by atoms with Crippen molar-refractivity contribution in [3.8, 4) is 11.5 Å². The monoisotopic (exact) mass is 504 g/mol. The zero-order chi connectivity index (χ0) is 25.2. The van der Waals surface area contributed by atoms with E-state index in [1.807, 2.05) is 49.4 Å². The van der Waals surface area contributed by atoms with Crippen molar-refractivity contribution < 1.29 is 29.4 Å². The summed E-state index contributed by atoms with van der Waals surface area (Å²) in [7, 11) is 0. The molecule has 0 aliphatic carbocycles. The largest absolute Gasteiger partial charge is 0.494 e. The van der Waals surface area contributed by atoms with Gasteiger partial charge in [0.15, 0.2) is 0 Å². The van der Waals surface area contributed by atoms with Gasteiger partial charge in [-0.25, -0.2) is 5.48 Å². The van der Waals surface area contributed by atoms with Gasteiger partial charge in [0.1, 0.15) is 23.7 Å². The van der Waals surface area contributed by atoms with Crippen molar-refractivity contribution in [1.29, 1.82) is 0 Å². The number of piperidine rings is 1. The minimum atomic E-state index is -1.63. The van der Waals surface area contributed by atoms with Crippen molar-refractivity contribution in [2.24, 2.45) is 5.92 Å². The first-order valence-corrected chi connectivity index (χ1v) is 12.3. The topological polar surface area (TPSA) is 108 Å². The minimum Gasteiger partial charge on any atom is -0.494 e. The number of aliphatic hydroxyl groups is 1. The number of benzene rings is 2. The van der Waals surface area contributed by atoms with E-state index in [-0.39, 0.29) is 12.0 Å². The Labute approximate surface area is 210 Å². The van der Waals surface area contributed by atoms with Gasteiger partial charge in [0.2, 0.25) is 5.91 Å². The fourth-order valence-corrected chi connectivity index (χ4v) is 4.44. The van der Waals surface area contributed by atoms with Gasteiger partial charge in [-0.1, -0.05) is 35.9 Å². The molecule has 1 heterocycles. The van der Waals surface area contributed by atoms with Crippen LogP contribution in [0.25, 0.3) is 0 Å². The van der Waals surface area contributed by atoms with Crippen LogP contribution in [0.2, 0.25) is 5.02 Å². The SMILES string of the molecule is CCOc1ccc(CCC[C@@H](C(=O)N2CCC(Oc3ccccc3Cl)CC2)[C@H](O)C(=O)NO)cc1. The van der Waals surface area contributed by atoms with Crippen molar-refractivity contribution in [1.82, 2.24) is 10.4 Å². The molecular formula is C26H33ClN2O6.